The molecule has 62 heavy (non-hydrogen) atoms. The van der Waals surface area contributed by atoms with Crippen molar-refractivity contribution in [2.24, 2.45) is 0 Å². The van der Waals surface area contributed by atoms with Crippen LogP contribution in [-0.4, -0.2) is 0 Å². The van der Waals surface area contributed by atoms with Crippen molar-refractivity contribution >= 4 is 17.1 Å². The minimum Gasteiger partial charge on any atom is -0.310 e. The van der Waals surface area contributed by atoms with Crippen LogP contribution in [-0.2, 0) is 21.7 Å². The third-order valence-electron chi connectivity index (χ3n) is 14.5. The second-order valence-corrected chi connectivity index (χ2v) is 20.6. The minimum absolute atomic E-state index is 0.0129. The standard InChI is InChI=1S/C61H55N/c1-38-18-10-11-21-44(38)39-19-16-20-42(34-39)62(56-27-17-26-52-57(56)49-23-13-14-24-50(49)60(52,8)9)43-30-33-48-45-22-12-15-25-51(45)61(55(48)37-43)53-35-40(58(2,3)4)28-31-46(53)47-32-29-41(36-54(47)61)59(5,6)7/h10-37H,1-9H3. The Morgan fingerprint density at radius 3 is 1.53 bits per heavy atom. The van der Waals surface area contributed by atoms with Gasteiger partial charge in [-0.05, 0) is 137 Å². The fourth-order valence-corrected chi connectivity index (χ4v) is 11.3. The first-order valence-corrected chi connectivity index (χ1v) is 22.4. The maximum Gasteiger partial charge on any atom is 0.0726 e. The molecule has 0 fully saturated rings. The SMILES string of the molecule is Cc1ccccc1-c1cccc(N(c2ccc3c(c2)C2(c4ccccc4-3)c3cc(C(C)(C)C)ccc3-c3ccc(C(C)(C)C)cc32)c2cccc3c2-c2ccccc2C3(C)C)c1. The number of nitrogens with zero attached hydrogens (tertiary/aromatic N) is 1. The molecule has 3 aliphatic rings. The lowest BCUT2D eigenvalue weighted by Crippen LogP contribution is -2.27. The first-order chi connectivity index (χ1) is 29.7. The van der Waals surface area contributed by atoms with Crippen LogP contribution in [0.1, 0.15) is 105 Å². The average molecular weight is 802 g/mol. The van der Waals surface area contributed by atoms with E-state index in [0.29, 0.717) is 0 Å². The van der Waals surface area contributed by atoms with Gasteiger partial charge in [0.1, 0.15) is 0 Å². The first kappa shape index (κ1) is 38.5. The van der Waals surface area contributed by atoms with Crippen LogP contribution in [0.3, 0.4) is 0 Å². The van der Waals surface area contributed by atoms with Gasteiger partial charge in [-0.1, -0.05) is 195 Å². The van der Waals surface area contributed by atoms with E-state index in [1.807, 2.05) is 0 Å². The van der Waals surface area contributed by atoms with E-state index in [0.717, 1.165) is 11.4 Å². The molecule has 1 nitrogen and oxygen atoms in total. The van der Waals surface area contributed by atoms with Gasteiger partial charge in [-0.25, -0.2) is 0 Å². The van der Waals surface area contributed by atoms with Crippen LogP contribution in [0.2, 0.25) is 0 Å². The molecule has 0 aromatic heterocycles. The molecular formula is C61H55N. The molecular weight excluding hydrogens is 747 g/mol. The van der Waals surface area contributed by atoms with Gasteiger partial charge in [-0.2, -0.15) is 0 Å². The van der Waals surface area contributed by atoms with Crippen molar-refractivity contribution in [2.45, 2.75) is 84.0 Å². The lowest BCUT2D eigenvalue weighted by Gasteiger charge is -2.34. The highest BCUT2D eigenvalue weighted by molar-refractivity contribution is 5.99. The van der Waals surface area contributed by atoms with Gasteiger partial charge in [0.15, 0.2) is 0 Å². The van der Waals surface area contributed by atoms with Crippen LogP contribution < -0.4 is 4.90 Å². The van der Waals surface area contributed by atoms with Gasteiger partial charge in [0.05, 0.1) is 11.1 Å². The van der Waals surface area contributed by atoms with Gasteiger partial charge in [0, 0.05) is 22.4 Å². The van der Waals surface area contributed by atoms with E-state index in [2.05, 4.69) is 237 Å². The highest BCUT2D eigenvalue weighted by atomic mass is 15.1. The van der Waals surface area contributed by atoms with Crippen molar-refractivity contribution in [3.63, 3.8) is 0 Å². The summed E-state index contributed by atoms with van der Waals surface area (Å²) < 4.78 is 0. The Kier molecular flexibility index (Phi) is 8.24. The maximum absolute atomic E-state index is 2.56. The summed E-state index contributed by atoms with van der Waals surface area (Å²) in [6.45, 7) is 21.0. The van der Waals surface area contributed by atoms with Gasteiger partial charge < -0.3 is 4.90 Å². The number of hydrogen-bond donors (Lipinski definition) is 0. The first-order valence-electron chi connectivity index (χ1n) is 22.4. The molecule has 0 aliphatic heterocycles. The molecule has 0 radical (unpaired) electrons. The summed E-state index contributed by atoms with van der Waals surface area (Å²) in [5.41, 5.74) is 25.5. The highest BCUT2D eigenvalue weighted by Crippen LogP contribution is 2.64. The molecule has 8 aromatic rings. The van der Waals surface area contributed by atoms with Gasteiger partial charge in [-0.15, -0.1) is 0 Å². The Balaban J connectivity index is 1.23. The molecule has 0 heterocycles. The fraction of sp³-hybridized carbons (Fsp3) is 0.213. The van der Waals surface area contributed by atoms with E-state index in [4.69, 9.17) is 0 Å². The largest absolute Gasteiger partial charge is 0.310 e. The molecule has 1 spiro atoms. The van der Waals surface area contributed by atoms with Gasteiger partial charge in [0.2, 0.25) is 0 Å². The number of benzene rings is 8. The number of fused-ring (bicyclic) bond motifs is 13. The molecule has 0 unspecified atom stereocenters. The molecule has 0 amide bonds. The summed E-state index contributed by atoms with van der Waals surface area (Å²) in [6.07, 6.45) is 0. The third kappa shape index (κ3) is 5.40. The van der Waals surface area contributed by atoms with E-state index in [1.165, 1.54) is 100 Å². The monoisotopic (exact) mass is 801 g/mol. The highest BCUT2D eigenvalue weighted by Gasteiger charge is 2.52. The molecule has 0 saturated carbocycles. The van der Waals surface area contributed by atoms with Gasteiger partial charge >= 0.3 is 0 Å². The van der Waals surface area contributed by atoms with Gasteiger partial charge in [0.25, 0.3) is 0 Å². The van der Waals surface area contributed by atoms with Crippen molar-refractivity contribution < 1.29 is 0 Å². The number of aryl methyl sites for hydroxylation is 1. The van der Waals surface area contributed by atoms with E-state index in [-0.39, 0.29) is 16.2 Å². The minimum atomic E-state index is -0.503. The summed E-state index contributed by atoms with van der Waals surface area (Å²) >= 11 is 0. The van der Waals surface area contributed by atoms with Crippen LogP contribution in [0, 0.1) is 6.92 Å². The predicted octanol–water partition coefficient (Wildman–Crippen LogP) is 16.4. The zero-order valence-corrected chi connectivity index (χ0v) is 37.6. The third-order valence-corrected chi connectivity index (χ3v) is 14.5. The van der Waals surface area contributed by atoms with Crippen LogP contribution in [0.25, 0.3) is 44.5 Å². The molecule has 0 N–H and O–H groups in total. The maximum atomic E-state index is 2.56. The molecule has 0 saturated heterocycles. The molecule has 0 atom stereocenters. The molecule has 1 heteroatoms. The second-order valence-electron chi connectivity index (χ2n) is 20.6. The van der Waals surface area contributed by atoms with Crippen molar-refractivity contribution in [1.82, 2.24) is 0 Å². The summed E-state index contributed by atoms with van der Waals surface area (Å²) in [4.78, 5) is 2.56. The number of hydrogen-bond acceptors (Lipinski definition) is 1. The Morgan fingerprint density at radius 2 is 0.887 bits per heavy atom. The summed E-state index contributed by atoms with van der Waals surface area (Å²) in [7, 11) is 0. The molecule has 0 bridgehead atoms. The van der Waals surface area contributed by atoms with Crippen LogP contribution in [0.15, 0.2) is 170 Å². The zero-order chi connectivity index (χ0) is 42.9. The summed E-state index contributed by atoms with van der Waals surface area (Å²) in [5, 5.41) is 0. The lowest BCUT2D eigenvalue weighted by molar-refractivity contribution is 0.586. The molecule has 11 rings (SSSR count). The van der Waals surface area contributed by atoms with Crippen LogP contribution in [0.5, 0.6) is 0 Å². The zero-order valence-electron chi connectivity index (χ0n) is 37.6. The van der Waals surface area contributed by atoms with Crippen LogP contribution >= 0.6 is 0 Å². The molecule has 304 valence electrons. The Morgan fingerprint density at radius 1 is 0.387 bits per heavy atom. The van der Waals surface area contributed by atoms with E-state index in [9.17, 15) is 0 Å². The number of rotatable bonds is 4. The van der Waals surface area contributed by atoms with E-state index in [1.54, 1.807) is 0 Å². The van der Waals surface area contributed by atoms with Crippen molar-refractivity contribution in [3.05, 3.63) is 220 Å². The fourth-order valence-electron chi connectivity index (χ4n) is 11.3. The smallest absolute Gasteiger partial charge is 0.0726 e. The normalized spacial score (nSPS) is 14.8. The van der Waals surface area contributed by atoms with E-state index >= 15 is 0 Å². The predicted molar refractivity (Wildman–Crippen MR) is 263 cm³/mol. The Labute approximate surface area is 368 Å². The topological polar surface area (TPSA) is 3.24 Å². The summed E-state index contributed by atoms with van der Waals surface area (Å²) in [6, 6.07) is 65.3. The Hall–Kier alpha value is -6.44. The number of anilines is 3. The second kappa shape index (κ2) is 13.3. The molecule has 8 aromatic carbocycles. The quantitative estimate of drug-likeness (QED) is 0.171. The van der Waals surface area contributed by atoms with Gasteiger partial charge in [-0.3, -0.25) is 0 Å². The summed E-state index contributed by atoms with van der Waals surface area (Å²) in [5.74, 6) is 0. The van der Waals surface area contributed by atoms with E-state index < -0.39 is 5.41 Å². The Bertz CT molecular complexity index is 3080. The van der Waals surface area contributed by atoms with Crippen molar-refractivity contribution in [2.75, 3.05) is 4.90 Å². The van der Waals surface area contributed by atoms with Crippen LogP contribution in [0.4, 0.5) is 17.1 Å². The molecule has 3 aliphatic carbocycles. The van der Waals surface area contributed by atoms with Crippen molar-refractivity contribution in [3.8, 4) is 44.5 Å². The lowest BCUT2D eigenvalue weighted by atomic mass is 9.68. The van der Waals surface area contributed by atoms with Crippen molar-refractivity contribution in [1.29, 1.82) is 0 Å². The average Bonchev–Trinajstić information content (AvgIpc) is 3.81.